The molecule has 2 aromatic heterocycles. The average Bonchev–Trinajstić information content (AvgIpc) is 2.83. The SMILES string of the molecule is CCc1ccsc1CNc1nnc(C)s1. The molecule has 2 rings (SSSR count). The van der Waals surface area contributed by atoms with E-state index in [9.17, 15) is 0 Å². The Hall–Kier alpha value is -0.940. The zero-order chi connectivity index (χ0) is 10.7. The molecule has 2 aromatic rings. The van der Waals surface area contributed by atoms with Crippen LogP contribution in [0.1, 0.15) is 22.4 Å². The zero-order valence-electron chi connectivity index (χ0n) is 8.78. The van der Waals surface area contributed by atoms with Gasteiger partial charge in [-0.2, -0.15) is 0 Å². The van der Waals surface area contributed by atoms with Crippen molar-refractivity contribution in [3.8, 4) is 0 Å². The summed E-state index contributed by atoms with van der Waals surface area (Å²) in [5.41, 5.74) is 1.42. The second-order valence-corrected chi connectivity index (χ2v) is 5.38. The Morgan fingerprint density at radius 1 is 1.40 bits per heavy atom. The van der Waals surface area contributed by atoms with Gasteiger partial charge in [-0.25, -0.2) is 0 Å². The van der Waals surface area contributed by atoms with E-state index in [1.165, 1.54) is 10.4 Å². The van der Waals surface area contributed by atoms with Crippen LogP contribution < -0.4 is 5.32 Å². The maximum absolute atomic E-state index is 4.03. The summed E-state index contributed by atoms with van der Waals surface area (Å²) in [6, 6.07) is 2.19. The Labute approximate surface area is 97.2 Å². The quantitative estimate of drug-likeness (QED) is 0.891. The molecule has 1 N–H and O–H groups in total. The Balaban J connectivity index is 1.98. The topological polar surface area (TPSA) is 37.8 Å². The molecule has 5 heteroatoms. The van der Waals surface area contributed by atoms with E-state index in [0.717, 1.165) is 23.1 Å². The number of hydrogen-bond donors (Lipinski definition) is 1. The van der Waals surface area contributed by atoms with Crippen LogP contribution in [0.3, 0.4) is 0 Å². The van der Waals surface area contributed by atoms with Crippen LogP contribution in [0.25, 0.3) is 0 Å². The summed E-state index contributed by atoms with van der Waals surface area (Å²) in [5.74, 6) is 0. The number of nitrogens with zero attached hydrogens (tertiary/aromatic N) is 2. The van der Waals surface area contributed by atoms with Crippen LogP contribution in [-0.4, -0.2) is 10.2 Å². The minimum atomic E-state index is 0.857. The van der Waals surface area contributed by atoms with E-state index in [1.807, 2.05) is 6.92 Å². The van der Waals surface area contributed by atoms with Crippen molar-refractivity contribution < 1.29 is 0 Å². The Kier molecular flexibility index (Phi) is 3.33. The summed E-state index contributed by atoms with van der Waals surface area (Å²) >= 11 is 3.39. The molecule has 0 bridgehead atoms. The predicted octanol–water partition coefficient (Wildman–Crippen LogP) is 3.08. The molecule has 0 aliphatic rings. The summed E-state index contributed by atoms with van der Waals surface area (Å²) in [6.07, 6.45) is 1.09. The van der Waals surface area contributed by atoms with Gasteiger partial charge in [0.05, 0.1) is 6.54 Å². The molecule has 0 aromatic carbocycles. The number of nitrogens with one attached hydrogen (secondary N) is 1. The number of aromatic nitrogens is 2. The zero-order valence-corrected chi connectivity index (χ0v) is 10.4. The van der Waals surface area contributed by atoms with Crippen molar-refractivity contribution in [2.45, 2.75) is 26.8 Å². The van der Waals surface area contributed by atoms with Crippen LogP contribution in [0.15, 0.2) is 11.4 Å². The normalized spacial score (nSPS) is 10.5. The largest absolute Gasteiger partial charge is 0.355 e. The molecule has 0 radical (unpaired) electrons. The molecule has 15 heavy (non-hydrogen) atoms. The standard InChI is InChI=1S/C10H13N3S2/c1-3-8-4-5-14-9(8)6-11-10-13-12-7(2)15-10/h4-5H,3,6H2,1-2H3,(H,11,13). The van der Waals surface area contributed by atoms with Gasteiger partial charge in [0, 0.05) is 4.88 Å². The molecule has 0 saturated heterocycles. The highest BCUT2D eigenvalue weighted by Gasteiger charge is 2.04. The molecule has 3 nitrogen and oxygen atoms in total. The minimum Gasteiger partial charge on any atom is -0.355 e. The van der Waals surface area contributed by atoms with Gasteiger partial charge < -0.3 is 5.32 Å². The molecule has 0 fully saturated rings. The second kappa shape index (κ2) is 4.72. The van der Waals surface area contributed by atoms with E-state index in [-0.39, 0.29) is 0 Å². The highest BCUT2D eigenvalue weighted by molar-refractivity contribution is 7.15. The van der Waals surface area contributed by atoms with Gasteiger partial charge in [-0.15, -0.1) is 21.5 Å². The number of thiophene rings is 1. The minimum absolute atomic E-state index is 0.857. The first kappa shape index (κ1) is 10.6. The molecule has 0 amide bonds. The van der Waals surface area contributed by atoms with Crippen LogP contribution in [0.5, 0.6) is 0 Å². The summed E-state index contributed by atoms with van der Waals surface area (Å²) in [4.78, 5) is 1.39. The lowest BCUT2D eigenvalue weighted by Gasteiger charge is -2.01. The first-order valence-corrected chi connectivity index (χ1v) is 6.58. The summed E-state index contributed by atoms with van der Waals surface area (Å²) in [5, 5.41) is 15.3. The lowest BCUT2D eigenvalue weighted by Crippen LogP contribution is -1.99. The second-order valence-electron chi connectivity index (χ2n) is 3.20. The smallest absolute Gasteiger partial charge is 0.205 e. The van der Waals surface area contributed by atoms with Crippen molar-refractivity contribution in [3.63, 3.8) is 0 Å². The van der Waals surface area contributed by atoms with Gasteiger partial charge in [0.15, 0.2) is 0 Å². The van der Waals surface area contributed by atoms with Gasteiger partial charge in [-0.05, 0) is 30.4 Å². The van der Waals surface area contributed by atoms with Crippen molar-refractivity contribution >= 4 is 27.8 Å². The van der Waals surface area contributed by atoms with Crippen molar-refractivity contribution in [1.82, 2.24) is 10.2 Å². The fraction of sp³-hybridized carbons (Fsp3) is 0.400. The molecular weight excluding hydrogens is 226 g/mol. The van der Waals surface area contributed by atoms with Crippen LogP contribution in [0.2, 0.25) is 0 Å². The molecule has 0 unspecified atom stereocenters. The van der Waals surface area contributed by atoms with Crippen molar-refractivity contribution in [1.29, 1.82) is 0 Å². The van der Waals surface area contributed by atoms with E-state index in [1.54, 1.807) is 22.7 Å². The third kappa shape index (κ3) is 2.54. The summed E-state index contributed by atoms with van der Waals surface area (Å²) in [7, 11) is 0. The predicted molar refractivity (Wildman–Crippen MR) is 65.7 cm³/mol. The third-order valence-corrected chi connectivity index (χ3v) is 3.90. The van der Waals surface area contributed by atoms with E-state index >= 15 is 0 Å². The lowest BCUT2D eigenvalue weighted by molar-refractivity contribution is 1.02. The Morgan fingerprint density at radius 2 is 2.27 bits per heavy atom. The van der Waals surface area contributed by atoms with Crippen LogP contribution in [0.4, 0.5) is 5.13 Å². The van der Waals surface area contributed by atoms with Gasteiger partial charge in [0.2, 0.25) is 5.13 Å². The molecule has 2 heterocycles. The average molecular weight is 239 g/mol. The highest BCUT2D eigenvalue weighted by Crippen LogP contribution is 2.20. The van der Waals surface area contributed by atoms with Crippen LogP contribution in [-0.2, 0) is 13.0 Å². The molecular formula is C10H13N3S2. The van der Waals surface area contributed by atoms with E-state index in [0.29, 0.717) is 0 Å². The third-order valence-electron chi connectivity index (χ3n) is 2.14. The number of aryl methyl sites for hydroxylation is 2. The molecule has 80 valence electrons. The van der Waals surface area contributed by atoms with E-state index < -0.39 is 0 Å². The van der Waals surface area contributed by atoms with Crippen molar-refractivity contribution in [2.75, 3.05) is 5.32 Å². The molecule has 0 aliphatic heterocycles. The van der Waals surface area contributed by atoms with E-state index in [4.69, 9.17) is 0 Å². The number of anilines is 1. The van der Waals surface area contributed by atoms with Crippen LogP contribution in [0, 0.1) is 6.92 Å². The van der Waals surface area contributed by atoms with Crippen molar-refractivity contribution in [3.05, 3.63) is 26.9 Å². The summed E-state index contributed by atoms with van der Waals surface area (Å²) in [6.45, 7) is 5.00. The van der Waals surface area contributed by atoms with Crippen LogP contribution >= 0.6 is 22.7 Å². The number of rotatable bonds is 4. The van der Waals surface area contributed by atoms with Gasteiger partial charge in [-0.3, -0.25) is 0 Å². The highest BCUT2D eigenvalue weighted by atomic mass is 32.1. The molecule has 0 atom stereocenters. The van der Waals surface area contributed by atoms with E-state index in [2.05, 4.69) is 33.9 Å². The molecule has 0 saturated carbocycles. The number of hydrogen-bond acceptors (Lipinski definition) is 5. The fourth-order valence-corrected chi connectivity index (χ4v) is 2.86. The maximum atomic E-state index is 4.03. The van der Waals surface area contributed by atoms with Gasteiger partial charge in [0.1, 0.15) is 5.01 Å². The first-order valence-electron chi connectivity index (χ1n) is 4.89. The molecule has 0 spiro atoms. The van der Waals surface area contributed by atoms with Gasteiger partial charge >= 0.3 is 0 Å². The monoisotopic (exact) mass is 239 g/mol. The molecule has 0 aliphatic carbocycles. The summed E-state index contributed by atoms with van der Waals surface area (Å²) < 4.78 is 0. The first-order chi connectivity index (χ1) is 7.29. The Bertz CT molecular complexity index is 433. The lowest BCUT2D eigenvalue weighted by atomic mass is 10.2. The maximum Gasteiger partial charge on any atom is 0.205 e. The van der Waals surface area contributed by atoms with Gasteiger partial charge in [0.25, 0.3) is 0 Å². The fourth-order valence-electron chi connectivity index (χ4n) is 1.36. The Morgan fingerprint density at radius 3 is 2.93 bits per heavy atom. The van der Waals surface area contributed by atoms with Gasteiger partial charge in [-0.1, -0.05) is 18.3 Å². The van der Waals surface area contributed by atoms with Crippen molar-refractivity contribution in [2.24, 2.45) is 0 Å².